The highest BCUT2D eigenvalue weighted by atomic mass is 19.4. The van der Waals surface area contributed by atoms with Crippen LogP contribution in [0, 0.1) is 23.5 Å². The second-order valence-electron chi connectivity index (χ2n) is 6.88. The van der Waals surface area contributed by atoms with Gasteiger partial charge >= 0.3 is 12.1 Å². The van der Waals surface area contributed by atoms with Crippen LogP contribution in [-0.4, -0.2) is 22.0 Å². The van der Waals surface area contributed by atoms with Crippen LogP contribution in [0.25, 0.3) is 11.4 Å². The standard InChI is InChI=1S/C22H16F5N3O2/c1-12(2)32-18-5-4-14(21-28-11-19(30-21)22(25,26)27)9-17(18)29-20(31)6-3-13-7-15(23)10-16(24)8-13/h4-5,7-12H,1-2H3,(H,28,30)(H,29,31). The highest BCUT2D eigenvalue weighted by molar-refractivity contribution is 6.05. The van der Waals surface area contributed by atoms with Crippen molar-refractivity contribution >= 4 is 11.6 Å². The van der Waals surface area contributed by atoms with Crippen molar-refractivity contribution in [3.8, 4) is 29.0 Å². The molecular weight excluding hydrogens is 433 g/mol. The van der Waals surface area contributed by atoms with Crippen molar-refractivity contribution in [1.29, 1.82) is 0 Å². The molecule has 0 aliphatic heterocycles. The van der Waals surface area contributed by atoms with Gasteiger partial charge in [-0.3, -0.25) is 4.79 Å². The van der Waals surface area contributed by atoms with Crippen molar-refractivity contribution in [2.45, 2.75) is 26.1 Å². The number of alkyl halides is 3. The van der Waals surface area contributed by atoms with E-state index in [1.54, 1.807) is 13.8 Å². The summed E-state index contributed by atoms with van der Waals surface area (Å²) >= 11 is 0. The lowest BCUT2D eigenvalue weighted by molar-refractivity contribution is -0.140. The van der Waals surface area contributed by atoms with E-state index in [4.69, 9.17) is 4.74 Å². The minimum absolute atomic E-state index is 0.0414. The third kappa shape index (κ3) is 5.85. The second-order valence-corrected chi connectivity index (χ2v) is 6.88. The van der Waals surface area contributed by atoms with Crippen molar-refractivity contribution in [2.75, 3.05) is 5.32 Å². The molecule has 2 aromatic carbocycles. The Morgan fingerprint density at radius 2 is 1.81 bits per heavy atom. The minimum Gasteiger partial charge on any atom is -0.489 e. The SMILES string of the molecule is CC(C)Oc1ccc(-c2ncc(C(F)(F)F)[nH]2)cc1NC(=O)C#Cc1cc(F)cc(F)c1. The molecule has 1 amide bonds. The molecule has 0 unspecified atom stereocenters. The Morgan fingerprint density at radius 3 is 2.41 bits per heavy atom. The smallest absolute Gasteiger partial charge is 0.432 e. The summed E-state index contributed by atoms with van der Waals surface area (Å²) in [5.41, 5.74) is -0.674. The maximum atomic E-state index is 13.3. The number of nitrogens with zero attached hydrogens (tertiary/aromatic N) is 1. The molecule has 0 aliphatic carbocycles. The molecule has 0 saturated carbocycles. The average molecular weight is 449 g/mol. The molecule has 5 nitrogen and oxygen atoms in total. The van der Waals surface area contributed by atoms with Gasteiger partial charge in [0.1, 0.15) is 28.9 Å². The zero-order valence-corrected chi connectivity index (χ0v) is 16.8. The van der Waals surface area contributed by atoms with Gasteiger partial charge in [-0.1, -0.05) is 5.92 Å². The Balaban J connectivity index is 1.89. The number of benzene rings is 2. The maximum Gasteiger partial charge on any atom is 0.432 e. The molecular formula is C22H16F5N3O2. The van der Waals surface area contributed by atoms with Crippen LogP contribution in [0.2, 0.25) is 0 Å². The topological polar surface area (TPSA) is 67.0 Å². The van der Waals surface area contributed by atoms with Gasteiger partial charge in [0.25, 0.3) is 0 Å². The predicted molar refractivity (Wildman–Crippen MR) is 107 cm³/mol. The summed E-state index contributed by atoms with van der Waals surface area (Å²) in [6.45, 7) is 3.50. The van der Waals surface area contributed by atoms with Gasteiger partial charge in [0, 0.05) is 23.1 Å². The number of aromatic amines is 1. The first-order valence-electron chi connectivity index (χ1n) is 9.23. The molecule has 0 atom stereocenters. The van der Waals surface area contributed by atoms with Crippen LogP contribution in [0.5, 0.6) is 5.75 Å². The second kappa shape index (κ2) is 9.09. The summed E-state index contributed by atoms with van der Waals surface area (Å²) in [6.07, 6.45) is -4.19. The number of ether oxygens (including phenoxy) is 1. The van der Waals surface area contributed by atoms with E-state index in [9.17, 15) is 26.7 Å². The van der Waals surface area contributed by atoms with Crippen LogP contribution in [0.1, 0.15) is 25.1 Å². The fourth-order valence-electron chi connectivity index (χ4n) is 2.65. The quantitative estimate of drug-likeness (QED) is 0.428. The van der Waals surface area contributed by atoms with Gasteiger partial charge in [0.15, 0.2) is 0 Å². The molecule has 0 saturated heterocycles. The highest BCUT2D eigenvalue weighted by Gasteiger charge is 2.33. The zero-order valence-electron chi connectivity index (χ0n) is 16.8. The molecule has 1 heterocycles. The molecule has 0 spiro atoms. The molecule has 0 aliphatic rings. The number of rotatable bonds is 4. The van der Waals surface area contributed by atoms with Gasteiger partial charge in [0.2, 0.25) is 0 Å². The Morgan fingerprint density at radius 1 is 1.12 bits per heavy atom. The third-order valence-corrected chi connectivity index (χ3v) is 3.93. The Kier molecular flexibility index (Phi) is 6.48. The molecule has 0 bridgehead atoms. The first-order chi connectivity index (χ1) is 15.0. The lowest BCUT2D eigenvalue weighted by atomic mass is 10.1. The summed E-state index contributed by atoms with van der Waals surface area (Å²) in [5, 5.41) is 2.47. The number of nitrogens with one attached hydrogen (secondary N) is 2. The fraction of sp³-hybridized carbons (Fsp3) is 0.182. The lowest BCUT2D eigenvalue weighted by Crippen LogP contribution is -2.13. The van der Waals surface area contributed by atoms with Gasteiger partial charge < -0.3 is 15.0 Å². The molecule has 3 rings (SSSR count). The molecule has 32 heavy (non-hydrogen) atoms. The van der Waals surface area contributed by atoms with Gasteiger partial charge in [-0.15, -0.1) is 0 Å². The van der Waals surface area contributed by atoms with Crippen molar-refractivity contribution in [3.05, 3.63) is 65.5 Å². The lowest BCUT2D eigenvalue weighted by Gasteiger charge is -2.15. The van der Waals surface area contributed by atoms with E-state index in [-0.39, 0.29) is 34.5 Å². The predicted octanol–water partition coefficient (Wildman–Crippen LogP) is 5.15. The van der Waals surface area contributed by atoms with E-state index in [2.05, 4.69) is 27.1 Å². The van der Waals surface area contributed by atoms with Gasteiger partial charge in [0.05, 0.1) is 18.0 Å². The van der Waals surface area contributed by atoms with Crippen LogP contribution < -0.4 is 10.1 Å². The van der Waals surface area contributed by atoms with Crippen molar-refractivity contribution in [2.24, 2.45) is 0 Å². The van der Waals surface area contributed by atoms with Gasteiger partial charge in [-0.2, -0.15) is 13.2 Å². The molecule has 10 heteroatoms. The Bertz CT molecular complexity index is 1190. The van der Waals surface area contributed by atoms with E-state index in [1.165, 1.54) is 18.2 Å². The number of aromatic nitrogens is 2. The molecule has 2 N–H and O–H groups in total. The largest absolute Gasteiger partial charge is 0.489 e. The normalized spacial score (nSPS) is 11.1. The molecule has 0 radical (unpaired) electrons. The van der Waals surface area contributed by atoms with Crippen LogP contribution in [0.3, 0.4) is 0 Å². The van der Waals surface area contributed by atoms with E-state index >= 15 is 0 Å². The third-order valence-electron chi connectivity index (χ3n) is 3.93. The van der Waals surface area contributed by atoms with Crippen LogP contribution in [-0.2, 0) is 11.0 Å². The molecule has 3 aromatic rings. The highest BCUT2D eigenvalue weighted by Crippen LogP contribution is 2.33. The summed E-state index contributed by atoms with van der Waals surface area (Å²) in [5.74, 6) is 2.23. The van der Waals surface area contributed by atoms with Crippen LogP contribution >= 0.6 is 0 Å². The molecule has 166 valence electrons. The maximum absolute atomic E-state index is 13.3. The van der Waals surface area contributed by atoms with Gasteiger partial charge in [-0.05, 0) is 44.2 Å². The Hall–Kier alpha value is -3.87. The number of anilines is 1. The van der Waals surface area contributed by atoms with E-state index in [1.807, 2.05) is 0 Å². The molecule has 0 fully saturated rings. The first kappa shape index (κ1) is 22.8. The minimum atomic E-state index is -4.59. The number of H-pyrrole nitrogens is 1. The average Bonchev–Trinajstić information content (AvgIpc) is 3.17. The summed E-state index contributed by atoms with van der Waals surface area (Å²) in [7, 11) is 0. The van der Waals surface area contributed by atoms with E-state index in [0.29, 0.717) is 12.3 Å². The zero-order chi connectivity index (χ0) is 23.5. The summed E-state index contributed by atoms with van der Waals surface area (Å²) < 4.78 is 70.6. The number of amides is 1. The van der Waals surface area contributed by atoms with Crippen LogP contribution in [0.4, 0.5) is 27.6 Å². The van der Waals surface area contributed by atoms with Crippen molar-refractivity contribution in [1.82, 2.24) is 9.97 Å². The van der Waals surface area contributed by atoms with E-state index < -0.39 is 29.4 Å². The van der Waals surface area contributed by atoms with Crippen molar-refractivity contribution < 1.29 is 31.5 Å². The first-order valence-corrected chi connectivity index (χ1v) is 9.23. The Labute approximate surface area is 179 Å². The number of halogens is 5. The summed E-state index contributed by atoms with van der Waals surface area (Å²) in [4.78, 5) is 18.2. The van der Waals surface area contributed by atoms with Gasteiger partial charge in [-0.25, -0.2) is 13.8 Å². The number of hydrogen-bond donors (Lipinski definition) is 2. The fourth-order valence-corrected chi connectivity index (χ4v) is 2.65. The van der Waals surface area contributed by atoms with Crippen molar-refractivity contribution in [3.63, 3.8) is 0 Å². The van der Waals surface area contributed by atoms with Crippen LogP contribution in [0.15, 0.2) is 42.6 Å². The number of hydrogen-bond acceptors (Lipinski definition) is 3. The number of carbonyl (C=O) groups excluding carboxylic acids is 1. The number of imidazole rings is 1. The molecule has 1 aromatic heterocycles. The number of carbonyl (C=O) groups is 1. The summed E-state index contributed by atoms with van der Waals surface area (Å²) in [6, 6.07) is 6.92. The van der Waals surface area contributed by atoms with E-state index in [0.717, 1.165) is 12.1 Å². The monoisotopic (exact) mass is 449 g/mol.